The van der Waals surface area contributed by atoms with Crippen LogP contribution in [0.1, 0.15) is 0 Å². The Hall–Kier alpha value is -1.16. The molecule has 9 heteroatoms. The Balaban J connectivity index is 2.30. The Morgan fingerprint density at radius 1 is 0.762 bits per heavy atom. The Morgan fingerprint density at radius 2 is 1.38 bits per heavy atom. The molecule has 0 saturated carbocycles. The van der Waals surface area contributed by atoms with Crippen molar-refractivity contribution in [2.24, 2.45) is 0 Å². The lowest BCUT2D eigenvalue weighted by molar-refractivity contribution is -0.127. The van der Waals surface area contributed by atoms with E-state index in [9.17, 15) is 14.4 Å². The average molecular weight is 320 g/mol. The summed E-state index contributed by atoms with van der Waals surface area (Å²) in [7, 11) is 0. The Morgan fingerprint density at radius 3 is 2.05 bits per heavy atom. The molecule has 1 aliphatic rings. The molecule has 0 atom stereocenters. The second kappa shape index (κ2) is 11.5. The lowest BCUT2D eigenvalue weighted by atomic mass is 10.6. The van der Waals surface area contributed by atoms with Crippen molar-refractivity contribution in [3.05, 3.63) is 0 Å². The standard InChI is InChI=1S/C12H20N2O6S/c15-10-7-20-8-12(17)21-9-11(16)14-2-4-19-6-5-18-3-1-13-10/h1-9H2,(H,13,15)(H,14,16). The van der Waals surface area contributed by atoms with E-state index in [1.165, 1.54) is 0 Å². The number of rotatable bonds is 0. The van der Waals surface area contributed by atoms with Crippen LogP contribution in [0.3, 0.4) is 0 Å². The predicted molar refractivity (Wildman–Crippen MR) is 75.9 cm³/mol. The fraction of sp³-hybridized carbons (Fsp3) is 0.750. The summed E-state index contributed by atoms with van der Waals surface area (Å²) in [5.74, 6) is -0.532. The average Bonchev–Trinajstić information content (AvgIpc) is 2.46. The van der Waals surface area contributed by atoms with Gasteiger partial charge in [-0.1, -0.05) is 11.8 Å². The van der Waals surface area contributed by atoms with Gasteiger partial charge in [-0.25, -0.2) is 0 Å². The summed E-state index contributed by atoms with van der Waals surface area (Å²) in [5.41, 5.74) is 0. The summed E-state index contributed by atoms with van der Waals surface area (Å²) < 4.78 is 15.5. The molecule has 0 radical (unpaired) electrons. The normalized spacial score (nSPS) is 21.8. The van der Waals surface area contributed by atoms with Crippen LogP contribution >= 0.6 is 11.8 Å². The highest BCUT2D eigenvalue weighted by molar-refractivity contribution is 8.14. The highest BCUT2D eigenvalue weighted by Crippen LogP contribution is 2.01. The molecule has 0 aromatic rings. The molecular weight excluding hydrogens is 300 g/mol. The van der Waals surface area contributed by atoms with Gasteiger partial charge in [-0.15, -0.1) is 0 Å². The number of ether oxygens (including phenoxy) is 3. The van der Waals surface area contributed by atoms with Crippen LogP contribution in [-0.4, -0.2) is 75.4 Å². The maximum Gasteiger partial charge on any atom is 0.246 e. The molecule has 2 amide bonds. The third kappa shape index (κ3) is 10.2. The lowest BCUT2D eigenvalue weighted by Crippen LogP contribution is -2.32. The minimum atomic E-state index is -0.313. The van der Waals surface area contributed by atoms with Gasteiger partial charge in [0, 0.05) is 13.1 Å². The topological polar surface area (TPSA) is 103 Å². The monoisotopic (exact) mass is 320 g/mol. The number of thioether (sulfide) groups is 1. The van der Waals surface area contributed by atoms with E-state index in [4.69, 9.17) is 14.2 Å². The largest absolute Gasteiger partial charge is 0.377 e. The number of hydrogen-bond acceptors (Lipinski definition) is 7. The zero-order chi connectivity index (χ0) is 15.3. The number of carbonyl (C=O) groups excluding carboxylic acids is 3. The van der Waals surface area contributed by atoms with Crippen molar-refractivity contribution < 1.29 is 28.6 Å². The van der Waals surface area contributed by atoms with Gasteiger partial charge in [0.25, 0.3) is 0 Å². The van der Waals surface area contributed by atoms with Gasteiger partial charge in [0.05, 0.1) is 32.2 Å². The van der Waals surface area contributed by atoms with Gasteiger partial charge in [-0.2, -0.15) is 0 Å². The van der Waals surface area contributed by atoms with Crippen molar-refractivity contribution in [3.8, 4) is 0 Å². The molecule has 0 aliphatic carbocycles. The first-order chi connectivity index (χ1) is 10.2. The van der Waals surface area contributed by atoms with E-state index in [1.807, 2.05) is 0 Å². The summed E-state index contributed by atoms with van der Waals surface area (Å²) in [6, 6.07) is 0. The van der Waals surface area contributed by atoms with Crippen molar-refractivity contribution >= 4 is 28.7 Å². The Bertz CT molecular complexity index is 353. The van der Waals surface area contributed by atoms with E-state index in [-0.39, 0.29) is 35.9 Å². The van der Waals surface area contributed by atoms with Crippen LogP contribution < -0.4 is 10.6 Å². The fourth-order valence-corrected chi connectivity index (χ4v) is 1.92. The van der Waals surface area contributed by atoms with Gasteiger partial charge < -0.3 is 24.8 Å². The van der Waals surface area contributed by atoms with Crippen LogP contribution in [0.2, 0.25) is 0 Å². The van der Waals surface area contributed by atoms with Crippen molar-refractivity contribution in [1.82, 2.24) is 10.6 Å². The first-order valence-corrected chi connectivity index (χ1v) is 7.59. The first-order valence-electron chi connectivity index (χ1n) is 6.60. The molecule has 8 nitrogen and oxygen atoms in total. The van der Waals surface area contributed by atoms with Gasteiger partial charge in [0.1, 0.15) is 13.2 Å². The van der Waals surface area contributed by atoms with Gasteiger partial charge >= 0.3 is 0 Å². The number of hydrogen-bond donors (Lipinski definition) is 2. The molecule has 1 rings (SSSR count). The maximum atomic E-state index is 11.4. The molecule has 0 unspecified atom stereocenters. The molecule has 21 heavy (non-hydrogen) atoms. The van der Waals surface area contributed by atoms with Gasteiger partial charge in [0.15, 0.2) is 0 Å². The molecule has 0 spiro atoms. The lowest BCUT2D eigenvalue weighted by Gasteiger charge is -2.09. The second-order valence-corrected chi connectivity index (χ2v) is 5.11. The number of amides is 2. The smallest absolute Gasteiger partial charge is 0.246 e. The van der Waals surface area contributed by atoms with Crippen LogP contribution in [-0.2, 0) is 28.6 Å². The Labute approximate surface area is 127 Å². The summed E-state index contributed by atoms with van der Waals surface area (Å²) in [4.78, 5) is 34.2. The van der Waals surface area contributed by atoms with E-state index in [1.54, 1.807) is 0 Å². The van der Waals surface area contributed by atoms with Crippen LogP contribution in [0, 0.1) is 0 Å². The Kier molecular flexibility index (Phi) is 9.79. The molecule has 1 fully saturated rings. The molecule has 2 N–H and O–H groups in total. The molecular formula is C12H20N2O6S. The molecule has 1 aliphatic heterocycles. The van der Waals surface area contributed by atoms with Crippen LogP contribution in [0.15, 0.2) is 0 Å². The van der Waals surface area contributed by atoms with E-state index < -0.39 is 0 Å². The van der Waals surface area contributed by atoms with Crippen molar-refractivity contribution in [2.45, 2.75) is 0 Å². The molecule has 0 bridgehead atoms. The quantitative estimate of drug-likeness (QED) is 0.562. The minimum Gasteiger partial charge on any atom is -0.377 e. The van der Waals surface area contributed by atoms with Crippen LogP contribution in [0.5, 0.6) is 0 Å². The first kappa shape index (κ1) is 17.9. The van der Waals surface area contributed by atoms with Gasteiger partial charge in [-0.05, 0) is 0 Å². The minimum absolute atomic E-state index is 0.0253. The molecule has 1 saturated heterocycles. The summed E-state index contributed by atoms with van der Waals surface area (Å²) >= 11 is 0.861. The van der Waals surface area contributed by atoms with Crippen LogP contribution in [0.4, 0.5) is 0 Å². The zero-order valence-corrected chi connectivity index (χ0v) is 12.5. The SMILES string of the molecule is O=C1COCC(=O)SCC(=O)NCCOCCOCCN1. The van der Waals surface area contributed by atoms with Crippen LogP contribution in [0.25, 0.3) is 0 Å². The van der Waals surface area contributed by atoms with Crippen molar-refractivity contribution in [3.63, 3.8) is 0 Å². The zero-order valence-electron chi connectivity index (χ0n) is 11.7. The van der Waals surface area contributed by atoms with Crippen molar-refractivity contribution in [1.29, 1.82) is 0 Å². The molecule has 1 heterocycles. The van der Waals surface area contributed by atoms with Crippen molar-refractivity contribution in [2.75, 3.05) is 58.5 Å². The summed E-state index contributed by atoms with van der Waals surface area (Å²) in [5, 5.41) is 4.94. The van der Waals surface area contributed by atoms with E-state index in [0.717, 1.165) is 11.8 Å². The number of nitrogens with one attached hydrogen (secondary N) is 2. The van der Waals surface area contributed by atoms with E-state index in [2.05, 4.69) is 10.6 Å². The molecule has 120 valence electrons. The fourth-order valence-electron chi connectivity index (χ4n) is 1.36. The highest BCUT2D eigenvalue weighted by atomic mass is 32.2. The summed E-state index contributed by atoms with van der Waals surface area (Å²) in [6.07, 6.45) is 0. The summed E-state index contributed by atoms with van der Waals surface area (Å²) in [6.45, 7) is 1.96. The van der Waals surface area contributed by atoms with E-state index in [0.29, 0.717) is 39.5 Å². The predicted octanol–water partition coefficient (Wildman–Crippen LogP) is -1.46. The van der Waals surface area contributed by atoms with E-state index >= 15 is 0 Å². The third-order valence-corrected chi connectivity index (χ3v) is 3.17. The van der Waals surface area contributed by atoms with Gasteiger partial charge in [0.2, 0.25) is 16.9 Å². The third-order valence-electron chi connectivity index (χ3n) is 2.33. The molecule has 0 aromatic carbocycles. The maximum absolute atomic E-state index is 11.4. The molecule has 0 aromatic heterocycles. The highest BCUT2D eigenvalue weighted by Gasteiger charge is 2.09. The van der Waals surface area contributed by atoms with Gasteiger partial charge in [-0.3, -0.25) is 14.4 Å². The number of carbonyl (C=O) groups is 3. The second-order valence-electron chi connectivity index (χ2n) is 4.08.